The minimum Gasteiger partial charge on any atom is -0.396 e. The highest BCUT2D eigenvalue weighted by Crippen LogP contribution is 2.05. The molecule has 1 unspecified atom stereocenters. The first-order chi connectivity index (χ1) is 5.74. The molecule has 0 saturated carbocycles. The van der Waals surface area contributed by atoms with E-state index < -0.39 is 0 Å². The number of rotatable bonds is 6. The third kappa shape index (κ3) is 15.9. The molecule has 104 valence electrons. The minimum absolute atomic E-state index is 0. The van der Waals surface area contributed by atoms with Crippen molar-refractivity contribution in [3.63, 3.8) is 0 Å². The first-order valence-corrected chi connectivity index (χ1v) is 4.62. The van der Waals surface area contributed by atoms with E-state index in [0.29, 0.717) is 6.42 Å². The van der Waals surface area contributed by atoms with Gasteiger partial charge >= 0.3 is 0 Å². The van der Waals surface area contributed by atoms with Crippen LogP contribution in [0.25, 0.3) is 0 Å². The van der Waals surface area contributed by atoms with E-state index in [9.17, 15) is 4.79 Å². The lowest BCUT2D eigenvalue weighted by molar-refractivity contribution is -0.122. The van der Waals surface area contributed by atoms with Gasteiger partial charge in [-0.05, 0) is 12.3 Å². The maximum atomic E-state index is 11.1. The van der Waals surface area contributed by atoms with E-state index in [1.807, 2.05) is 13.8 Å². The van der Waals surface area contributed by atoms with Crippen LogP contribution in [0.4, 0.5) is 0 Å². The Labute approximate surface area is 104 Å². The summed E-state index contributed by atoms with van der Waals surface area (Å²) in [7, 11) is 0. The van der Waals surface area contributed by atoms with Crippen molar-refractivity contribution < 1.29 is 9.90 Å². The van der Waals surface area contributed by atoms with Gasteiger partial charge in [0.15, 0.2) is 0 Å². The molecule has 0 rings (SSSR count). The van der Waals surface area contributed by atoms with E-state index in [1.165, 1.54) is 0 Å². The molecule has 0 bridgehead atoms. The topological polar surface area (TPSA) is 49.3 Å². The maximum absolute atomic E-state index is 11.1. The highest BCUT2D eigenvalue weighted by Gasteiger charge is 2.09. The molecule has 0 aliphatic rings. The first kappa shape index (κ1) is 29.5. The highest BCUT2D eigenvalue weighted by molar-refractivity contribution is 5.76. The second kappa shape index (κ2) is 19.9. The van der Waals surface area contributed by atoms with Crippen LogP contribution in [0.1, 0.15) is 62.8 Å². The fourth-order valence-corrected chi connectivity index (χ4v) is 0.937. The second-order valence-electron chi connectivity index (χ2n) is 3.01. The zero-order valence-corrected chi connectivity index (χ0v) is 7.97. The number of hydrogen-bond donors (Lipinski definition) is 2. The van der Waals surface area contributed by atoms with Crippen LogP contribution < -0.4 is 5.32 Å². The molecule has 2 N–H and O–H groups in total. The zero-order valence-electron chi connectivity index (χ0n) is 7.97. The Morgan fingerprint density at radius 1 is 1.19 bits per heavy atom. The fraction of sp³-hybridized carbons (Fsp3) is 0.923. The summed E-state index contributed by atoms with van der Waals surface area (Å²) in [6, 6.07) is 0. The smallest absolute Gasteiger partial charge is 0.220 e. The molecule has 0 saturated heterocycles. The molecule has 0 fully saturated rings. The third-order valence-corrected chi connectivity index (χ3v) is 1.88. The summed E-state index contributed by atoms with van der Waals surface area (Å²) in [4.78, 5) is 11.1. The molecule has 16 heavy (non-hydrogen) atoms. The van der Waals surface area contributed by atoms with Crippen LogP contribution in [0.15, 0.2) is 0 Å². The van der Waals surface area contributed by atoms with Crippen molar-refractivity contribution in [3.05, 3.63) is 0 Å². The minimum atomic E-state index is 0. The van der Waals surface area contributed by atoms with Gasteiger partial charge in [-0.25, -0.2) is 0 Å². The summed E-state index contributed by atoms with van der Waals surface area (Å²) in [5, 5.41) is 11.6. The van der Waals surface area contributed by atoms with Gasteiger partial charge in [-0.3, -0.25) is 4.79 Å². The van der Waals surface area contributed by atoms with Crippen molar-refractivity contribution in [1.29, 1.82) is 0 Å². The number of carbonyl (C=O) groups is 1. The lowest BCUT2D eigenvalue weighted by Gasteiger charge is -2.10. The summed E-state index contributed by atoms with van der Waals surface area (Å²) in [6.45, 7) is 4.84. The van der Waals surface area contributed by atoms with Gasteiger partial charge in [0.2, 0.25) is 5.91 Å². The predicted octanol–water partition coefficient (Wildman–Crippen LogP) is 3.47. The number of carbonyl (C=O) groups excluding carboxylic acids is 1. The van der Waals surface area contributed by atoms with E-state index in [0.717, 1.165) is 19.4 Å². The molecule has 0 heterocycles. The van der Waals surface area contributed by atoms with Gasteiger partial charge in [0, 0.05) is 19.6 Å². The van der Waals surface area contributed by atoms with Crippen LogP contribution in [0.2, 0.25) is 0 Å². The highest BCUT2D eigenvalue weighted by atomic mass is 16.3. The largest absolute Gasteiger partial charge is 0.396 e. The quantitative estimate of drug-likeness (QED) is 0.743. The van der Waals surface area contributed by atoms with Crippen LogP contribution >= 0.6 is 0 Å². The van der Waals surface area contributed by atoms with Crippen LogP contribution in [-0.2, 0) is 4.79 Å². The van der Waals surface area contributed by atoms with Crippen LogP contribution in [0, 0.1) is 5.92 Å². The van der Waals surface area contributed by atoms with Crippen molar-refractivity contribution in [2.45, 2.75) is 62.8 Å². The number of nitrogens with one attached hydrogen (secondary N) is 1. The maximum Gasteiger partial charge on any atom is 0.220 e. The van der Waals surface area contributed by atoms with Gasteiger partial charge in [0.1, 0.15) is 0 Å². The molecule has 0 aromatic carbocycles. The summed E-state index contributed by atoms with van der Waals surface area (Å²) >= 11 is 0. The van der Waals surface area contributed by atoms with E-state index in [-0.39, 0.29) is 48.1 Å². The monoisotopic (exact) mass is 237 g/mol. The second-order valence-corrected chi connectivity index (χ2v) is 3.01. The van der Waals surface area contributed by atoms with Crippen molar-refractivity contribution in [2.75, 3.05) is 13.2 Å². The Morgan fingerprint density at radius 3 is 2.00 bits per heavy atom. The molecule has 0 aliphatic heterocycles. The molecule has 0 aromatic heterocycles. The third-order valence-electron chi connectivity index (χ3n) is 1.88. The van der Waals surface area contributed by atoms with Gasteiger partial charge in [-0.1, -0.05) is 50.0 Å². The molecule has 1 atom stereocenters. The molecular weight excluding hydrogens is 202 g/mol. The first-order valence-electron chi connectivity index (χ1n) is 4.62. The Hall–Kier alpha value is -0.570. The van der Waals surface area contributed by atoms with Crippen LogP contribution in [-0.4, -0.2) is 24.2 Å². The lowest BCUT2D eigenvalue weighted by atomic mass is 10.0. The number of aliphatic hydroxyl groups excluding tert-OH is 1. The SMILES string of the molecule is C.C.C.C.CCCNC(=O)CC(CC)CO. The molecule has 1 amide bonds. The molecular formula is C13H35NO2. The molecule has 3 nitrogen and oxygen atoms in total. The Kier molecular flexibility index (Phi) is 36.8. The number of hydrogen-bond acceptors (Lipinski definition) is 2. The van der Waals surface area contributed by atoms with Crippen molar-refractivity contribution in [2.24, 2.45) is 5.92 Å². The van der Waals surface area contributed by atoms with E-state index >= 15 is 0 Å². The van der Waals surface area contributed by atoms with E-state index in [2.05, 4.69) is 5.32 Å². The standard InChI is InChI=1S/C9H19NO2.4CH4/c1-3-5-10-9(12)6-8(4-2)7-11;;;;/h8,11H,3-7H2,1-2H3,(H,10,12);4*1H4. The number of amides is 1. The molecule has 3 heteroatoms. The molecule has 0 aliphatic carbocycles. The number of aliphatic hydroxyl groups is 1. The summed E-state index contributed by atoms with van der Waals surface area (Å²) in [6.07, 6.45) is 2.27. The summed E-state index contributed by atoms with van der Waals surface area (Å²) in [5.41, 5.74) is 0. The van der Waals surface area contributed by atoms with Gasteiger partial charge in [-0.15, -0.1) is 0 Å². The fourth-order valence-electron chi connectivity index (χ4n) is 0.937. The van der Waals surface area contributed by atoms with Gasteiger partial charge < -0.3 is 10.4 Å². The average Bonchev–Trinajstić information content (AvgIpc) is 2.10. The van der Waals surface area contributed by atoms with Crippen LogP contribution in [0.3, 0.4) is 0 Å². The van der Waals surface area contributed by atoms with Crippen molar-refractivity contribution in [3.8, 4) is 0 Å². The molecule has 0 aromatic rings. The van der Waals surface area contributed by atoms with Gasteiger partial charge in [0.25, 0.3) is 0 Å². The summed E-state index contributed by atoms with van der Waals surface area (Å²) < 4.78 is 0. The molecule has 0 spiro atoms. The zero-order chi connectivity index (χ0) is 9.40. The normalized spacial score (nSPS) is 9.44. The van der Waals surface area contributed by atoms with Crippen molar-refractivity contribution in [1.82, 2.24) is 5.32 Å². The molecule has 0 radical (unpaired) electrons. The van der Waals surface area contributed by atoms with Crippen LogP contribution in [0.5, 0.6) is 0 Å². The van der Waals surface area contributed by atoms with Gasteiger partial charge in [-0.2, -0.15) is 0 Å². The van der Waals surface area contributed by atoms with Gasteiger partial charge in [0.05, 0.1) is 0 Å². The summed E-state index contributed by atoms with van der Waals surface area (Å²) in [5.74, 6) is 0.180. The van der Waals surface area contributed by atoms with Crippen molar-refractivity contribution >= 4 is 5.91 Å². The average molecular weight is 237 g/mol. The van der Waals surface area contributed by atoms with E-state index in [1.54, 1.807) is 0 Å². The predicted molar refractivity (Wildman–Crippen MR) is 75.7 cm³/mol. The van der Waals surface area contributed by atoms with E-state index in [4.69, 9.17) is 5.11 Å². The Bertz CT molecular complexity index is 123. The Balaban J connectivity index is -0.000000101. The Morgan fingerprint density at radius 2 is 1.69 bits per heavy atom. The lowest BCUT2D eigenvalue weighted by Crippen LogP contribution is -2.26.